The first-order valence-electron chi connectivity index (χ1n) is 13.6. The second-order valence-corrected chi connectivity index (χ2v) is 10.8. The van der Waals surface area contributed by atoms with Crippen LogP contribution in [0.15, 0.2) is 30.3 Å². The van der Waals surface area contributed by atoms with E-state index in [0.717, 1.165) is 6.42 Å². The third-order valence-electron chi connectivity index (χ3n) is 7.85. The number of rotatable bonds is 5. The quantitative estimate of drug-likeness (QED) is 0.280. The predicted molar refractivity (Wildman–Crippen MR) is 141 cm³/mol. The Hall–Kier alpha value is -4.20. The molecule has 1 saturated heterocycles. The molecule has 0 spiro atoms. The zero-order valence-electron chi connectivity index (χ0n) is 22.9. The number of nitrogens with one attached hydrogen (secondary N) is 4. The van der Waals surface area contributed by atoms with E-state index in [-0.39, 0.29) is 17.2 Å². The highest BCUT2D eigenvalue weighted by atomic mass is 19.2. The minimum Gasteiger partial charge on any atom is -0.507 e. The molecular weight excluding hydrogens is 559 g/mol. The molecule has 42 heavy (non-hydrogen) atoms. The number of aromatic hydroxyl groups is 1. The Morgan fingerprint density at radius 3 is 2.33 bits per heavy atom. The second kappa shape index (κ2) is 12.8. The zero-order chi connectivity index (χ0) is 30.7. The number of para-hydroxylation sites is 1. The fourth-order valence-corrected chi connectivity index (χ4v) is 5.05. The molecule has 0 radical (unpaired) electrons. The van der Waals surface area contributed by atoms with Gasteiger partial charge in [-0.1, -0.05) is 25.5 Å². The van der Waals surface area contributed by atoms with Crippen molar-refractivity contribution in [3.8, 4) is 5.75 Å². The molecule has 1 aromatic carbocycles. The highest BCUT2D eigenvalue weighted by molar-refractivity contribution is 6.00. The lowest BCUT2D eigenvalue weighted by Gasteiger charge is -2.37. The number of aliphatic hydroxyl groups excluding tert-OH is 1. The number of halogens is 3. The van der Waals surface area contributed by atoms with Crippen LogP contribution in [-0.4, -0.2) is 69.1 Å². The maximum Gasteiger partial charge on any atom is 0.255 e. The van der Waals surface area contributed by atoms with Gasteiger partial charge in [0, 0.05) is 5.56 Å². The van der Waals surface area contributed by atoms with Crippen LogP contribution in [0.5, 0.6) is 5.75 Å². The molecule has 1 unspecified atom stereocenters. The summed E-state index contributed by atoms with van der Waals surface area (Å²) in [5.74, 6) is -9.44. The van der Waals surface area contributed by atoms with Crippen molar-refractivity contribution in [2.45, 2.75) is 69.8 Å². The van der Waals surface area contributed by atoms with Crippen LogP contribution in [-0.2, 0) is 20.8 Å². The number of aliphatic hydroxyl groups is 1. The highest BCUT2D eigenvalue weighted by Gasteiger charge is 2.41. The first-order valence-corrected chi connectivity index (χ1v) is 13.6. The van der Waals surface area contributed by atoms with Crippen LogP contribution in [0, 0.1) is 29.5 Å². The molecule has 2 fully saturated rings. The lowest BCUT2D eigenvalue weighted by atomic mass is 9.78. The van der Waals surface area contributed by atoms with Crippen LogP contribution in [0.3, 0.4) is 0 Å². The van der Waals surface area contributed by atoms with Crippen molar-refractivity contribution in [1.29, 1.82) is 0 Å². The number of phenols is 1. The van der Waals surface area contributed by atoms with E-state index in [4.69, 9.17) is 0 Å². The smallest absolute Gasteiger partial charge is 0.255 e. The summed E-state index contributed by atoms with van der Waals surface area (Å²) in [5, 5.41) is 31.6. The van der Waals surface area contributed by atoms with E-state index in [9.17, 15) is 42.6 Å². The van der Waals surface area contributed by atoms with Gasteiger partial charge in [0.2, 0.25) is 23.7 Å². The molecule has 6 atom stereocenters. The summed E-state index contributed by atoms with van der Waals surface area (Å²) in [6.07, 6.45) is -0.148. The van der Waals surface area contributed by atoms with E-state index in [2.05, 4.69) is 26.3 Å². The molecule has 1 aromatic heterocycles. The van der Waals surface area contributed by atoms with Gasteiger partial charge in [-0.15, -0.1) is 0 Å². The summed E-state index contributed by atoms with van der Waals surface area (Å²) in [6, 6.07) is 1.09. The number of pyridine rings is 1. The Balaban J connectivity index is 1.71. The van der Waals surface area contributed by atoms with Crippen molar-refractivity contribution >= 4 is 23.6 Å². The van der Waals surface area contributed by atoms with Crippen LogP contribution >= 0.6 is 0 Å². The third kappa shape index (κ3) is 6.64. The van der Waals surface area contributed by atoms with Gasteiger partial charge in [0.05, 0.1) is 29.7 Å². The molecule has 2 aliphatic rings. The zero-order valence-corrected chi connectivity index (χ0v) is 22.9. The molecule has 2 aromatic rings. The van der Waals surface area contributed by atoms with Gasteiger partial charge in [-0.25, -0.2) is 4.39 Å². The van der Waals surface area contributed by atoms with Crippen molar-refractivity contribution < 1.29 is 42.6 Å². The maximum atomic E-state index is 14.5. The average Bonchev–Trinajstić information content (AvgIpc) is 2.91. The Morgan fingerprint density at radius 1 is 1.00 bits per heavy atom. The SMILES string of the molecule is C[C@H]1NC(=O)C(C2CCC2)NC(=O)[C@H](C)[C@H](O)[C@H](Cc2cc(F)c(F)nc2F)NC(=O)[C@H]1NC(=O)c1ccccc1O. The number of phenolic OH excluding ortho intramolecular Hbond substituents is 1. The summed E-state index contributed by atoms with van der Waals surface area (Å²) < 4.78 is 41.8. The molecule has 0 bridgehead atoms. The summed E-state index contributed by atoms with van der Waals surface area (Å²) in [4.78, 5) is 56.0. The number of amides is 4. The number of aromatic nitrogens is 1. The third-order valence-corrected chi connectivity index (χ3v) is 7.85. The van der Waals surface area contributed by atoms with Crippen molar-refractivity contribution in [2.75, 3.05) is 0 Å². The fraction of sp³-hybridized carbons (Fsp3) is 0.464. The topological polar surface area (TPSA) is 170 Å². The number of hydrogen-bond donors (Lipinski definition) is 6. The predicted octanol–water partition coefficient (Wildman–Crippen LogP) is 0.831. The molecule has 1 saturated carbocycles. The van der Waals surface area contributed by atoms with Crippen molar-refractivity contribution in [2.24, 2.45) is 11.8 Å². The number of benzene rings is 1. The lowest BCUT2D eigenvalue weighted by molar-refractivity contribution is -0.137. The molecular formula is C28H32F3N5O6. The Labute approximate surface area is 239 Å². The number of carbonyl (C=O) groups excluding carboxylic acids is 4. The van der Waals surface area contributed by atoms with Gasteiger partial charge >= 0.3 is 0 Å². The van der Waals surface area contributed by atoms with Crippen LogP contribution in [0.1, 0.15) is 49.0 Å². The largest absolute Gasteiger partial charge is 0.507 e. The van der Waals surface area contributed by atoms with E-state index < -0.39 is 89.5 Å². The molecule has 11 nitrogen and oxygen atoms in total. The van der Waals surface area contributed by atoms with Crippen LogP contribution in [0.4, 0.5) is 13.2 Å². The van der Waals surface area contributed by atoms with Crippen LogP contribution < -0.4 is 21.3 Å². The highest BCUT2D eigenvalue weighted by Crippen LogP contribution is 2.30. The van der Waals surface area contributed by atoms with Gasteiger partial charge in [0.25, 0.3) is 11.9 Å². The molecule has 1 aliphatic carbocycles. The normalized spacial score (nSPS) is 27.4. The fourth-order valence-electron chi connectivity index (χ4n) is 5.05. The Kier molecular flexibility index (Phi) is 9.34. The number of hydrogen-bond acceptors (Lipinski definition) is 7. The first-order chi connectivity index (χ1) is 19.9. The summed E-state index contributed by atoms with van der Waals surface area (Å²) in [6.45, 7) is 2.77. The van der Waals surface area contributed by atoms with E-state index in [1.54, 1.807) is 0 Å². The second-order valence-electron chi connectivity index (χ2n) is 10.8. The number of nitrogens with zero attached hydrogens (tertiary/aromatic N) is 1. The summed E-state index contributed by atoms with van der Waals surface area (Å²) in [5.41, 5.74) is -0.642. The standard InChI is InChI=1S/C28H32F3N5O6/c1-12-22(38)18(11-15-10-17(29)24(31)36-23(15)30)33-27(41)20(34-26(40)16-8-3-4-9-19(16)37)13(2)32-28(42)21(35-25(12)39)14-6-5-7-14/h3-4,8-10,12-14,18,20-22,37-38H,5-7,11H2,1-2H3,(H,32,42)(H,33,41)(H,34,40)(H,35,39)/t12-,13-,18+,20+,21?,22+/m1/s1. The van der Waals surface area contributed by atoms with Gasteiger partial charge < -0.3 is 31.5 Å². The molecule has 226 valence electrons. The molecule has 4 rings (SSSR count). The van der Waals surface area contributed by atoms with Gasteiger partial charge in [-0.3, -0.25) is 19.2 Å². The minimum absolute atomic E-state index is 0.158. The average molecular weight is 592 g/mol. The van der Waals surface area contributed by atoms with Gasteiger partial charge in [-0.2, -0.15) is 13.8 Å². The summed E-state index contributed by atoms with van der Waals surface area (Å²) >= 11 is 0. The first kappa shape index (κ1) is 30.8. The maximum absolute atomic E-state index is 14.5. The molecule has 6 N–H and O–H groups in total. The van der Waals surface area contributed by atoms with E-state index in [1.807, 2.05) is 0 Å². The molecule has 4 amide bonds. The van der Waals surface area contributed by atoms with Crippen LogP contribution in [0.2, 0.25) is 0 Å². The molecule has 1 aliphatic heterocycles. The van der Waals surface area contributed by atoms with Crippen LogP contribution in [0.25, 0.3) is 0 Å². The van der Waals surface area contributed by atoms with Crippen molar-refractivity contribution in [3.05, 3.63) is 59.2 Å². The minimum atomic E-state index is -1.70. The van der Waals surface area contributed by atoms with E-state index >= 15 is 0 Å². The van der Waals surface area contributed by atoms with E-state index in [0.29, 0.717) is 18.9 Å². The number of carbonyl (C=O) groups is 4. The Bertz CT molecular complexity index is 1370. The van der Waals surface area contributed by atoms with Gasteiger partial charge in [0.15, 0.2) is 5.82 Å². The van der Waals surface area contributed by atoms with Crippen molar-refractivity contribution in [1.82, 2.24) is 26.3 Å². The van der Waals surface area contributed by atoms with Crippen molar-refractivity contribution in [3.63, 3.8) is 0 Å². The van der Waals surface area contributed by atoms with E-state index in [1.165, 1.54) is 38.1 Å². The lowest BCUT2D eigenvalue weighted by Crippen LogP contribution is -2.64. The molecule has 14 heteroatoms. The molecule has 2 heterocycles. The van der Waals surface area contributed by atoms with Gasteiger partial charge in [0.1, 0.15) is 17.8 Å². The Morgan fingerprint density at radius 2 is 1.69 bits per heavy atom. The van der Waals surface area contributed by atoms with Gasteiger partial charge in [-0.05, 0) is 50.3 Å². The monoisotopic (exact) mass is 591 g/mol. The summed E-state index contributed by atoms with van der Waals surface area (Å²) in [7, 11) is 0.